The summed E-state index contributed by atoms with van der Waals surface area (Å²) in [4.78, 5) is 23.5. The maximum atomic E-state index is 12.4. The zero-order valence-electron chi connectivity index (χ0n) is 12.4. The highest BCUT2D eigenvalue weighted by Gasteiger charge is 2.39. The molecular formula is C16H17N3O4. The van der Waals surface area contributed by atoms with Crippen molar-refractivity contribution in [2.75, 3.05) is 13.2 Å². The van der Waals surface area contributed by atoms with Crippen molar-refractivity contribution in [3.63, 3.8) is 0 Å². The van der Waals surface area contributed by atoms with E-state index in [-0.39, 0.29) is 18.9 Å². The summed E-state index contributed by atoms with van der Waals surface area (Å²) >= 11 is 0. The molecule has 0 saturated carbocycles. The zero-order valence-corrected chi connectivity index (χ0v) is 12.4. The summed E-state index contributed by atoms with van der Waals surface area (Å²) in [5.41, 5.74) is 0.374. The van der Waals surface area contributed by atoms with Crippen molar-refractivity contribution >= 4 is 11.9 Å². The van der Waals surface area contributed by atoms with E-state index in [0.29, 0.717) is 18.6 Å². The standard InChI is InChI=1S/C16H17N3O4/c20-14(21)8-16(6-7-23-11-16)18-15(22)12-9-17-19(10-12)13-4-2-1-3-5-13/h1-5,9-10H,6-8,11H2,(H,18,22)(H,20,21). The van der Waals surface area contributed by atoms with Crippen LogP contribution < -0.4 is 5.32 Å². The minimum absolute atomic E-state index is 0.161. The Balaban J connectivity index is 1.76. The molecule has 1 amide bonds. The highest BCUT2D eigenvalue weighted by Crippen LogP contribution is 2.23. The Kier molecular flexibility index (Phi) is 4.12. The molecule has 120 valence electrons. The van der Waals surface area contributed by atoms with Crippen LogP contribution in [0, 0.1) is 0 Å². The first-order valence-corrected chi connectivity index (χ1v) is 7.30. The Hall–Kier alpha value is -2.67. The van der Waals surface area contributed by atoms with Gasteiger partial charge < -0.3 is 15.2 Å². The van der Waals surface area contributed by atoms with E-state index in [2.05, 4.69) is 10.4 Å². The van der Waals surface area contributed by atoms with Crippen molar-refractivity contribution in [1.82, 2.24) is 15.1 Å². The van der Waals surface area contributed by atoms with Gasteiger partial charge in [0.25, 0.3) is 5.91 Å². The van der Waals surface area contributed by atoms with Gasteiger partial charge in [-0.3, -0.25) is 9.59 Å². The van der Waals surface area contributed by atoms with Crippen LogP contribution >= 0.6 is 0 Å². The number of carbonyl (C=O) groups is 2. The lowest BCUT2D eigenvalue weighted by Crippen LogP contribution is -2.50. The summed E-state index contributed by atoms with van der Waals surface area (Å²) < 4.78 is 6.87. The van der Waals surface area contributed by atoms with Crippen LogP contribution in [-0.2, 0) is 9.53 Å². The lowest BCUT2D eigenvalue weighted by Gasteiger charge is -2.26. The largest absolute Gasteiger partial charge is 0.481 e. The number of hydrogen-bond acceptors (Lipinski definition) is 4. The number of carbonyl (C=O) groups excluding carboxylic acids is 1. The number of para-hydroxylation sites is 1. The van der Waals surface area contributed by atoms with Crippen LogP contribution in [-0.4, -0.2) is 45.5 Å². The third kappa shape index (κ3) is 3.40. The Morgan fingerprint density at radius 1 is 1.35 bits per heavy atom. The number of carboxylic acid groups (broad SMARTS) is 1. The molecule has 2 heterocycles. The fourth-order valence-corrected chi connectivity index (χ4v) is 2.65. The fraction of sp³-hybridized carbons (Fsp3) is 0.312. The normalized spacial score (nSPS) is 20.3. The maximum Gasteiger partial charge on any atom is 0.305 e. The number of amides is 1. The molecule has 1 unspecified atom stereocenters. The van der Waals surface area contributed by atoms with Gasteiger partial charge in [-0.25, -0.2) is 4.68 Å². The zero-order chi connectivity index (χ0) is 16.3. The molecule has 0 spiro atoms. The van der Waals surface area contributed by atoms with E-state index < -0.39 is 11.5 Å². The van der Waals surface area contributed by atoms with Crippen LogP contribution in [0.4, 0.5) is 0 Å². The Labute approximate surface area is 132 Å². The number of ether oxygens (including phenoxy) is 1. The molecule has 23 heavy (non-hydrogen) atoms. The number of aliphatic carboxylic acids is 1. The van der Waals surface area contributed by atoms with Crippen molar-refractivity contribution in [2.24, 2.45) is 0 Å². The van der Waals surface area contributed by atoms with Crippen molar-refractivity contribution < 1.29 is 19.4 Å². The molecule has 2 aromatic rings. The quantitative estimate of drug-likeness (QED) is 0.866. The molecule has 7 nitrogen and oxygen atoms in total. The molecule has 7 heteroatoms. The van der Waals surface area contributed by atoms with Gasteiger partial charge in [0.1, 0.15) is 0 Å². The van der Waals surface area contributed by atoms with Crippen LogP contribution in [0.5, 0.6) is 0 Å². The van der Waals surface area contributed by atoms with Crippen molar-refractivity contribution in [3.8, 4) is 5.69 Å². The van der Waals surface area contributed by atoms with E-state index in [1.165, 1.54) is 6.20 Å². The highest BCUT2D eigenvalue weighted by molar-refractivity contribution is 5.94. The molecule has 1 fully saturated rings. The molecule has 0 aliphatic carbocycles. The number of carboxylic acids is 1. The second kappa shape index (κ2) is 6.21. The number of hydrogen-bond donors (Lipinski definition) is 2. The Morgan fingerprint density at radius 2 is 2.13 bits per heavy atom. The van der Waals surface area contributed by atoms with Gasteiger partial charge in [-0.1, -0.05) is 18.2 Å². The van der Waals surface area contributed by atoms with Gasteiger partial charge in [-0.05, 0) is 18.6 Å². The fourth-order valence-electron chi connectivity index (χ4n) is 2.65. The Bertz CT molecular complexity index is 705. The summed E-state index contributed by atoms with van der Waals surface area (Å²) in [5.74, 6) is -1.31. The average Bonchev–Trinajstić information content (AvgIpc) is 3.17. The maximum absolute atomic E-state index is 12.4. The molecule has 1 saturated heterocycles. The SMILES string of the molecule is O=C(O)CC1(NC(=O)c2cnn(-c3ccccc3)c2)CCOC1. The Morgan fingerprint density at radius 3 is 2.78 bits per heavy atom. The number of nitrogens with zero attached hydrogens (tertiary/aromatic N) is 2. The van der Waals surface area contributed by atoms with Gasteiger partial charge in [0, 0.05) is 12.8 Å². The van der Waals surface area contributed by atoms with E-state index in [0.717, 1.165) is 5.69 Å². The minimum Gasteiger partial charge on any atom is -0.481 e. The molecule has 0 radical (unpaired) electrons. The summed E-state index contributed by atoms with van der Waals surface area (Å²) in [7, 11) is 0. The first-order valence-electron chi connectivity index (χ1n) is 7.30. The first kappa shape index (κ1) is 15.2. The highest BCUT2D eigenvalue weighted by atomic mass is 16.5. The summed E-state index contributed by atoms with van der Waals surface area (Å²) in [6.07, 6.45) is 3.41. The molecule has 2 N–H and O–H groups in total. The first-order chi connectivity index (χ1) is 11.1. The van der Waals surface area contributed by atoms with Crippen LogP contribution in [0.3, 0.4) is 0 Å². The summed E-state index contributed by atoms with van der Waals surface area (Å²) in [6, 6.07) is 9.43. The predicted molar refractivity (Wildman–Crippen MR) is 81.5 cm³/mol. The van der Waals surface area contributed by atoms with Crippen LogP contribution in [0.2, 0.25) is 0 Å². The third-order valence-electron chi connectivity index (χ3n) is 3.84. The number of benzene rings is 1. The molecule has 1 aromatic heterocycles. The molecule has 1 atom stereocenters. The lowest BCUT2D eigenvalue weighted by atomic mass is 9.94. The average molecular weight is 315 g/mol. The topological polar surface area (TPSA) is 93.5 Å². The van der Waals surface area contributed by atoms with Gasteiger partial charge in [0.15, 0.2) is 0 Å². The van der Waals surface area contributed by atoms with Crippen molar-refractivity contribution in [3.05, 3.63) is 48.3 Å². The van der Waals surface area contributed by atoms with Gasteiger partial charge in [-0.15, -0.1) is 0 Å². The molecule has 1 aromatic carbocycles. The van der Waals surface area contributed by atoms with Crippen molar-refractivity contribution in [1.29, 1.82) is 0 Å². The molecule has 1 aliphatic heterocycles. The predicted octanol–water partition coefficient (Wildman–Crippen LogP) is 1.24. The molecule has 1 aliphatic rings. The van der Waals surface area contributed by atoms with Gasteiger partial charge >= 0.3 is 5.97 Å². The van der Waals surface area contributed by atoms with E-state index in [4.69, 9.17) is 9.84 Å². The van der Waals surface area contributed by atoms with Crippen LogP contribution in [0.1, 0.15) is 23.2 Å². The van der Waals surface area contributed by atoms with E-state index in [9.17, 15) is 9.59 Å². The van der Waals surface area contributed by atoms with Gasteiger partial charge in [-0.2, -0.15) is 5.10 Å². The molecular weight excluding hydrogens is 298 g/mol. The van der Waals surface area contributed by atoms with E-state index >= 15 is 0 Å². The smallest absolute Gasteiger partial charge is 0.305 e. The molecule has 0 bridgehead atoms. The van der Waals surface area contributed by atoms with E-state index in [1.807, 2.05) is 30.3 Å². The molecule has 3 rings (SSSR count). The van der Waals surface area contributed by atoms with Crippen LogP contribution in [0.25, 0.3) is 5.69 Å². The lowest BCUT2D eigenvalue weighted by molar-refractivity contribution is -0.138. The summed E-state index contributed by atoms with van der Waals surface area (Å²) in [5, 5.41) is 16.0. The minimum atomic E-state index is -0.962. The summed E-state index contributed by atoms with van der Waals surface area (Å²) in [6.45, 7) is 0.648. The van der Waals surface area contributed by atoms with Crippen LogP contribution in [0.15, 0.2) is 42.7 Å². The third-order valence-corrected chi connectivity index (χ3v) is 3.84. The van der Waals surface area contributed by atoms with Gasteiger partial charge in [0.05, 0.1) is 36.0 Å². The number of aromatic nitrogens is 2. The van der Waals surface area contributed by atoms with Crippen molar-refractivity contribution in [2.45, 2.75) is 18.4 Å². The second-order valence-corrected chi connectivity index (χ2v) is 5.62. The number of nitrogens with one attached hydrogen (secondary N) is 1. The van der Waals surface area contributed by atoms with Gasteiger partial charge in [0.2, 0.25) is 0 Å². The second-order valence-electron chi connectivity index (χ2n) is 5.62. The monoisotopic (exact) mass is 315 g/mol. The number of rotatable bonds is 5. The van der Waals surface area contributed by atoms with E-state index in [1.54, 1.807) is 10.9 Å².